The fourth-order valence-electron chi connectivity index (χ4n) is 5.78. The van der Waals surface area contributed by atoms with Gasteiger partial charge in [0.25, 0.3) is 12.4 Å². The normalized spacial score (nSPS) is 17.8. The maximum absolute atomic E-state index is 12.8. The topological polar surface area (TPSA) is 105 Å². The average molecular weight is 648 g/mol. The number of amides is 1. The Morgan fingerprint density at radius 2 is 1.72 bits per heavy atom. The Morgan fingerprint density at radius 1 is 1.00 bits per heavy atom. The molecule has 1 saturated heterocycles. The van der Waals surface area contributed by atoms with E-state index in [1.165, 1.54) is 0 Å². The Balaban J connectivity index is 0.000000409. The number of carbonyl (C=O) groups is 2. The Bertz CT molecular complexity index is 1600. The van der Waals surface area contributed by atoms with Gasteiger partial charge in [-0.1, -0.05) is 49.4 Å². The molecule has 2 aliphatic rings. The van der Waals surface area contributed by atoms with Gasteiger partial charge in [-0.15, -0.1) is 0 Å². The van der Waals surface area contributed by atoms with Crippen molar-refractivity contribution < 1.29 is 27.5 Å². The van der Waals surface area contributed by atoms with E-state index in [0.29, 0.717) is 44.0 Å². The highest BCUT2D eigenvalue weighted by Crippen LogP contribution is 2.44. The number of nitrogens with one attached hydrogen (secondary N) is 1. The highest BCUT2D eigenvalue weighted by atomic mass is 32.2. The third kappa shape index (κ3) is 8.63. The second-order valence-electron chi connectivity index (χ2n) is 11.5. The molecule has 1 spiro atoms. The van der Waals surface area contributed by atoms with E-state index in [2.05, 4.69) is 27.5 Å². The van der Waals surface area contributed by atoms with Crippen LogP contribution in [-0.2, 0) is 26.2 Å². The van der Waals surface area contributed by atoms with Gasteiger partial charge in [0.2, 0.25) is 10.0 Å². The number of fused-ring (bicyclic) bond motifs is 1. The Labute approximate surface area is 273 Å². The van der Waals surface area contributed by atoms with Crippen LogP contribution in [0.25, 0.3) is 5.57 Å². The van der Waals surface area contributed by atoms with E-state index in [4.69, 9.17) is 4.74 Å². The number of nitrogens with zero attached hydrogens (tertiary/aromatic N) is 2. The molecule has 0 aliphatic carbocycles. The SMILES string of the molecule is CCNS(=O)(=O)c1ccc2c(c1)C(c1ccc(C(=O)N(CC)CC)cc1)=CC1(CCCN(C)CC1)O2.O=COCc1ccccc1. The summed E-state index contributed by atoms with van der Waals surface area (Å²) in [5.74, 6) is 0.700. The Kier molecular flexibility index (Phi) is 12.1. The van der Waals surface area contributed by atoms with Gasteiger partial charge in [-0.25, -0.2) is 13.1 Å². The van der Waals surface area contributed by atoms with Crippen LogP contribution in [0.3, 0.4) is 0 Å². The smallest absolute Gasteiger partial charge is 0.293 e. The van der Waals surface area contributed by atoms with Crippen molar-refractivity contribution in [3.05, 3.63) is 101 Å². The van der Waals surface area contributed by atoms with Crippen LogP contribution in [0.4, 0.5) is 0 Å². The van der Waals surface area contributed by atoms with Crippen LogP contribution >= 0.6 is 0 Å². The molecule has 5 rings (SSSR count). The van der Waals surface area contributed by atoms with Gasteiger partial charge in [0, 0.05) is 43.7 Å². The number of hydrogen-bond donors (Lipinski definition) is 1. The molecule has 3 aromatic carbocycles. The fraction of sp³-hybridized carbons (Fsp3) is 0.389. The summed E-state index contributed by atoms with van der Waals surface area (Å²) in [5.41, 5.74) is 3.83. The maximum atomic E-state index is 12.8. The zero-order valence-corrected chi connectivity index (χ0v) is 28.0. The Morgan fingerprint density at radius 3 is 2.37 bits per heavy atom. The van der Waals surface area contributed by atoms with Gasteiger partial charge in [-0.05, 0) is 93.4 Å². The lowest BCUT2D eigenvalue weighted by Crippen LogP contribution is -2.37. The van der Waals surface area contributed by atoms with Crippen molar-refractivity contribution in [1.82, 2.24) is 14.5 Å². The summed E-state index contributed by atoms with van der Waals surface area (Å²) < 4.78 is 39.2. The van der Waals surface area contributed by atoms with E-state index >= 15 is 0 Å². The van der Waals surface area contributed by atoms with Crippen molar-refractivity contribution in [2.75, 3.05) is 39.8 Å². The van der Waals surface area contributed by atoms with Crippen molar-refractivity contribution in [1.29, 1.82) is 0 Å². The average Bonchev–Trinajstić information content (AvgIpc) is 3.25. The molecule has 2 heterocycles. The van der Waals surface area contributed by atoms with Gasteiger partial charge in [-0.3, -0.25) is 9.59 Å². The highest BCUT2D eigenvalue weighted by molar-refractivity contribution is 7.89. The van der Waals surface area contributed by atoms with E-state index in [9.17, 15) is 18.0 Å². The third-order valence-electron chi connectivity index (χ3n) is 8.32. The van der Waals surface area contributed by atoms with Crippen LogP contribution in [-0.4, -0.2) is 76.0 Å². The molecule has 1 atom stereocenters. The molecule has 9 nitrogen and oxygen atoms in total. The molecule has 46 heavy (non-hydrogen) atoms. The third-order valence-corrected chi connectivity index (χ3v) is 9.86. The largest absolute Gasteiger partial charge is 0.482 e. The molecule has 0 radical (unpaired) electrons. The molecule has 2 aliphatic heterocycles. The minimum absolute atomic E-state index is 0.00945. The predicted molar refractivity (Wildman–Crippen MR) is 180 cm³/mol. The second-order valence-corrected chi connectivity index (χ2v) is 13.3. The number of likely N-dealkylation sites (tertiary alicyclic amines) is 1. The van der Waals surface area contributed by atoms with E-state index in [0.717, 1.165) is 54.6 Å². The molecule has 1 amide bonds. The molecule has 0 bridgehead atoms. The van der Waals surface area contributed by atoms with E-state index < -0.39 is 15.6 Å². The van der Waals surface area contributed by atoms with E-state index in [-0.39, 0.29) is 10.8 Å². The summed E-state index contributed by atoms with van der Waals surface area (Å²) in [5, 5.41) is 0. The van der Waals surface area contributed by atoms with Crippen molar-refractivity contribution in [3.63, 3.8) is 0 Å². The van der Waals surface area contributed by atoms with E-state index in [1.807, 2.05) is 68.4 Å². The lowest BCUT2D eigenvalue weighted by atomic mass is 9.84. The maximum Gasteiger partial charge on any atom is 0.293 e. The molecule has 1 N–H and O–H groups in total. The van der Waals surface area contributed by atoms with Gasteiger partial charge in [-0.2, -0.15) is 0 Å². The summed E-state index contributed by atoms with van der Waals surface area (Å²) in [6.45, 7) is 10.1. The molecule has 10 heteroatoms. The number of carbonyl (C=O) groups excluding carboxylic acids is 2. The molecule has 246 valence electrons. The number of sulfonamides is 1. The summed E-state index contributed by atoms with van der Waals surface area (Å²) in [6, 6.07) is 22.3. The Hall–Kier alpha value is -3.99. The van der Waals surface area contributed by atoms with Crippen LogP contribution in [0, 0.1) is 0 Å². The summed E-state index contributed by atoms with van der Waals surface area (Å²) >= 11 is 0. The van der Waals surface area contributed by atoms with Gasteiger partial charge in [0.15, 0.2) is 0 Å². The van der Waals surface area contributed by atoms with Crippen molar-refractivity contribution in [2.45, 2.75) is 57.1 Å². The van der Waals surface area contributed by atoms with Crippen molar-refractivity contribution >= 4 is 28.0 Å². The number of rotatable bonds is 10. The van der Waals surface area contributed by atoms with Crippen molar-refractivity contribution in [2.24, 2.45) is 0 Å². The van der Waals surface area contributed by atoms with Crippen LogP contribution in [0.5, 0.6) is 5.75 Å². The molecule has 1 unspecified atom stereocenters. The quantitative estimate of drug-likeness (QED) is 0.290. The van der Waals surface area contributed by atoms with Gasteiger partial charge in [0.05, 0.1) is 4.90 Å². The van der Waals surface area contributed by atoms with Gasteiger partial charge in [0.1, 0.15) is 18.0 Å². The summed E-state index contributed by atoms with van der Waals surface area (Å²) in [7, 11) is -1.49. The standard InChI is InChI=1S/C28H37N3O4S.C8H8O2/c1-5-29-36(33,34)23-13-14-26-24(19-23)25(20-28(35-26)15-8-17-30(4)18-16-28)21-9-11-22(12-10-21)27(32)31(6-2)7-3;9-7-10-6-8-4-2-1-3-5-8/h9-14,19-20,29H,5-8,15-18H2,1-4H3;1-5,7H,6H2. The van der Waals surface area contributed by atoms with E-state index in [1.54, 1.807) is 30.0 Å². The number of hydrogen-bond acceptors (Lipinski definition) is 7. The first kappa shape index (κ1) is 34.9. The first-order valence-corrected chi connectivity index (χ1v) is 17.4. The van der Waals surface area contributed by atoms with Crippen molar-refractivity contribution in [3.8, 4) is 5.75 Å². The molecule has 1 fully saturated rings. The molecule has 0 saturated carbocycles. The first-order valence-electron chi connectivity index (χ1n) is 15.9. The van der Waals surface area contributed by atoms with Crippen LogP contribution in [0.1, 0.15) is 67.1 Å². The molecule has 3 aromatic rings. The number of ether oxygens (including phenoxy) is 2. The number of benzene rings is 3. The predicted octanol–water partition coefficient (Wildman–Crippen LogP) is 5.51. The fourth-order valence-corrected chi connectivity index (χ4v) is 6.85. The molecular weight excluding hydrogens is 602 g/mol. The minimum atomic E-state index is -3.62. The highest BCUT2D eigenvalue weighted by Gasteiger charge is 2.37. The molecular formula is C36H45N3O6S. The van der Waals surface area contributed by atoms with Crippen LogP contribution < -0.4 is 9.46 Å². The van der Waals surface area contributed by atoms with Crippen LogP contribution in [0.2, 0.25) is 0 Å². The van der Waals surface area contributed by atoms with Gasteiger partial charge >= 0.3 is 0 Å². The summed E-state index contributed by atoms with van der Waals surface area (Å²) in [4.78, 5) is 26.9. The zero-order valence-electron chi connectivity index (χ0n) is 27.2. The monoisotopic (exact) mass is 647 g/mol. The second kappa shape index (κ2) is 16.0. The lowest BCUT2D eigenvalue weighted by molar-refractivity contribution is -0.129. The van der Waals surface area contributed by atoms with Gasteiger partial charge < -0.3 is 19.3 Å². The zero-order chi connectivity index (χ0) is 33.2. The first-order chi connectivity index (χ1) is 22.1. The summed E-state index contributed by atoms with van der Waals surface area (Å²) in [6.07, 6.45) is 4.93. The minimum Gasteiger partial charge on any atom is -0.482 e. The lowest BCUT2D eigenvalue weighted by Gasteiger charge is -2.37. The molecule has 0 aromatic heterocycles. The van der Waals surface area contributed by atoms with Crippen LogP contribution in [0.15, 0.2) is 83.8 Å².